The zero-order chi connectivity index (χ0) is 23.5. The van der Waals surface area contributed by atoms with Gasteiger partial charge in [0.2, 0.25) is 0 Å². The van der Waals surface area contributed by atoms with Crippen molar-refractivity contribution in [2.75, 3.05) is 33.3 Å². The molecule has 1 aromatic heterocycles. The third-order valence-corrected chi connectivity index (χ3v) is 6.79. The first kappa shape index (κ1) is 22.6. The maximum atomic E-state index is 13.7. The molecule has 1 saturated heterocycles. The maximum absolute atomic E-state index is 13.7. The molecule has 5 nitrogen and oxygen atoms in total. The van der Waals surface area contributed by atoms with Crippen molar-refractivity contribution in [3.05, 3.63) is 94.5 Å². The van der Waals surface area contributed by atoms with E-state index in [1.54, 1.807) is 7.11 Å². The molecule has 0 radical (unpaired) electrons. The smallest absolute Gasteiger partial charge is 0.254 e. The Labute approximate surface area is 208 Å². The standard InChI is InChI=1S/C28H26BrN3O2/c1-34-23-10-7-21(8-11-23)27-18-25(24-17-22(29)9-12-26(24)30-27)28(33)32-15-13-31(14-16-32)19-20-5-3-2-4-6-20/h2-12,17-18H,13-16,19H2,1H3. The van der Waals surface area contributed by atoms with Crippen LogP contribution in [-0.2, 0) is 6.54 Å². The highest BCUT2D eigenvalue weighted by Gasteiger charge is 2.24. The highest BCUT2D eigenvalue weighted by Crippen LogP contribution is 2.29. The second-order valence-corrected chi connectivity index (χ2v) is 9.41. The number of amides is 1. The summed E-state index contributed by atoms with van der Waals surface area (Å²) in [5, 5.41) is 0.864. The van der Waals surface area contributed by atoms with Crippen LogP contribution in [0.2, 0.25) is 0 Å². The van der Waals surface area contributed by atoms with Gasteiger partial charge in [-0.15, -0.1) is 0 Å². The fourth-order valence-corrected chi connectivity index (χ4v) is 4.77. The van der Waals surface area contributed by atoms with Crippen molar-refractivity contribution in [2.45, 2.75) is 6.54 Å². The first-order valence-electron chi connectivity index (χ1n) is 11.4. The number of carbonyl (C=O) groups is 1. The molecule has 1 aliphatic heterocycles. The van der Waals surface area contributed by atoms with Crippen molar-refractivity contribution in [1.82, 2.24) is 14.8 Å². The highest BCUT2D eigenvalue weighted by molar-refractivity contribution is 9.10. The Hall–Kier alpha value is -3.22. The van der Waals surface area contributed by atoms with Crippen molar-refractivity contribution in [3.63, 3.8) is 0 Å². The summed E-state index contributed by atoms with van der Waals surface area (Å²) in [7, 11) is 1.65. The molecule has 34 heavy (non-hydrogen) atoms. The maximum Gasteiger partial charge on any atom is 0.254 e. The van der Waals surface area contributed by atoms with Crippen LogP contribution >= 0.6 is 15.9 Å². The van der Waals surface area contributed by atoms with Gasteiger partial charge >= 0.3 is 0 Å². The number of halogens is 1. The molecule has 172 valence electrons. The van der Waals surface area contributed by atoms with E-state index in [-0.39, 0.29) is 5.91 Å². The van der Waals surface area contributed by atoms with Gasteiger partial charge in [-0.1, -0.05) is 46.3 Å². The number of methoxy groups -OCH3 is 1. The van der Waals surface area contributed by atoms with Crippen molar-refractivity contribution in [1.29, 1.82) is 0 Å². The van der Waals surface area contributed by atoms with Crippen molar-refractivity contribution in [3.8, 4) is 17.0 Å². The summed E-state index contributed by atoms with van der Waals surface area (Å²) in [4.78, 5) is 22.9. The molecular weight excluding hydrogens is 490 g/mol. The van der Waals surface area contributed by atoms with E-state index in [0.29, 0.717) is 18.7 Å². The minimum atomic E-state index is 0.0552. The Bertz CT molecular complexity index is 1300. The molecule has 0 spiro atoms. The normalized spacial score (nSPS) is 14.4. The zero-order valence-corrected chi connectivity index (χ0v) is 20.7. The second-order valence-electron chi connectivity index (χ2n) is 8.50. The van der Waals surface area contributed by atoms with Gasteiger partial charge in [-0.25, -0.2) is 4.98 Å². The predicted molar refractivity (Wildman–Crippen MR) is 139 cm³/mol. The van der Waals surface area contributed by atoms with Crippen LogP contribution in [0, 0.1) is 0 Å². The van der Waals surface area contributed by atoms with Gasteiger partial charge in [-0.2, -0.15) is 0 Å². The first-order chi connectivity index (χ1) is 16.6. The lowest BCUT2D eigenvalue weighted by molar-refractivity contribution is 0.0630. The fourth-order valence-electron chi connectivity index (χ4n) is 4.41. The summed E-state index contributed by atoms with van der Waals surface area (Å²) in [6.45, 7) is 4.05. The van der Waals surface area contributed by atoms with Crippen LogP contribution in [0.1, 0.15) is 15.9 Å². The van der Waals surface area contributed by atoms with E-state index in [9.17, 15) is 4.79 Å². The molecule has 3 aromatic carbocycles. The lowest BCUT2D eigenvalue weighted by atomic mass is 10.0. The van der Waals surface area contributed by atoms with Crippen LogP contribution in [-0.4, -0.2) is 54.0 Å². The molecule has 0 atom stereocenters. The van der Waals surface area contributed by atoms with Gasteiger partial charge in [0, 0.05) is 48.1 Å². The summed E-state index contributed by atoms with van der Waals surface area (Å²) < 4.78 is 6.22. The van der Waals surface area contributed by atoms with Crippen LogP contribution < -0.4 is 4.74 Å². The van der Waals surface area contributed by atoms with Gasteiger partial charge in [-0.3, -0.25) is 9.69 Å². The number of fused-ring (bicyclic) bond motifs is 1. The SMILES string of the molecule is COc1ccc(-c2cc(C(=O)N3CCN(Cc4ccccc4)CC3)c3cc(Br)ccc3n2)cc1. The Balaban J connectivity index is 1.41. The summed E-state index contributed by atoms with van der Waals surface area (Å²) in [5.41, 5.74) is 4.53. The molecule has 0 unspecified atom stereocenters. The fraction of sp³-hybridized carbons (Fsp3) is 0.214. The van der Waals surface area contributed by atoms with Gasteiger partial charge in [0.05, 0.1) is 23.9 Å². The van der Waals surface area contributed by atoms with Gasteiger partial charge in [-0.05, 0) is 54.1 Å². The number of nitrogens with zero attached hydrogens (tertiary/aromatic N) is 3. The predicted octanol–water partition coefficient (Wildman–Crippen LogP) is 5.63. The zero-order valence-electron chi connectivity index (χ0n) is 19.1. The minimum absolute atomic E-state index is 0.0552. The van der Waals surface area contributed by atoms with Crippen LogP contribution in [0.15, 0.2) is 83.3 Å². The molecule has 4 aromatic rings. The first-order valence-corrected chi connectivity index (χ1v) is 12.2. The lowest BCUT2D eigenvalue weighted by Crippen LogP contribution is -2.48. The molecule has 0 bridgehead atoms. The average molecular weight is 516 g/mol. The molecule has 2 heterocycles. The van der Waals surface area contributed by atoms with E-state index < -0.39 is 0 Å². The lowest BCUT2D eigenvalue weighted by Gasteiger charge is -2.35. The van der Waals surface area contributed by atoms with Gasteiger partial charge < -0.3 is 9.64 Å². The molecule has 0 N–H and O–H groups in total. The Morgan fingerprint density at radius 1 is 0.941 bits per heavy atom. The number of pyridine rings is 1. The number of hydrogen-bond donors (Lipinski definition) is 0. The quantitative estimate of drug-likeness (QED) is 0.345. The van der Waals surface area contributed by atoms with Crippen LogP contribution in [0.3, 0.4) is 0 Å². The Kier molecular flexibility index (Phi) is 6.61. The largest absolute Gasteiger partial charge is 0.497 e. The third kappa shape index (κ3) is 4.83. The molecule has 0 saturated carbocycles. The van der Waals surface area contributed by atoms with Crippen molar-refractivity contribution >= 4 is 32.7 Å². The van der Waals surface area contributed by atoms with Crippen molar-refractivity contribution < 1.29 is 9.53 Å². The van der Waals surface area contributed by atoms with Gasteiger partial charge in [0.1, 0.15) is 5.75 Å². The van der Waals surface area contributed by atoms with Gasteiger partial charge in [0.25, 0.3) is 5.91 Å². The van der Waals surface area contributed by atoms with E-state index in [1.165, 1.54) is 5.56 Å². The third-order valence-electron chi connectivity index (χ3n) is 6.30. The molecule has 0 aliphatic carbocycles. The van der Waals surface area contributed by atoms with E-state index in [4.69, 9.17) is 9.72 Å². The summed E-state index contributed by atoms with van der Waals surface area (Å²) >= 11 is 3.56. The second kappa shape index (κ2) is 9.95. The van der Waals surface area contributed by atoms with Crippen LogP contribution in [0.4, 0.5) is 0 Å². The van der Waals surface area contributed by atoms with E-state index in [2.05, 4.69) is 45.1 Å². The monoisotopic (exact) mass is 515 g/mol. The number of benzene rings is 3. The number of hydrogen-bond acceptors (Lipinski definition) is 4. The summed E-state index contributed by atoms with van der Waals surface area (Å²) in [6, 6.07) is 26.1. The van der Waals surface area contributed by atoms with E-state index in [0.717, 1.165) is 52.0 Å². The Morgan fingerprint density at radius 2 is 1.68 bits per heavy atom. The topological polar surface area (TPSA) is 45.7 Å². The van der Waals surface area contributed by atoms with Crippen LogP contribution in [0.25, 0.3) is 22.2 Å². The van der Waals surface area contributed by atoms with Crippen molar-refractivity contribution in [2.24, 2.45) is 0 Å². The molecular formula is C28H26BrN3O2. The Morgan fingerprint density at radius 3 is 2.38 bits per heavy atom. The van der Waals surface area contributed by atoms with E-state index in [1.807, 2.05) is 59.5 Å². The minimum Gasteiger partial charge on any atom is -0.497 e. The highest BCUT2D eigenvalue weighted by atomic mass is 79.9. The number of aromatic nitrogens is 1. The molecule has 1 fully saturated rings. The van der Waals surface area contributed by atoms with Gasteiger partial charge in [0.15, 0.2) is 0 Å². The molecule has 6 heteroatoms. The number of rotatable bonds is 5. The summed E-state index contributed by atoms with van der Waals surface area (Å²) in [6.07, 6.45) is 0. The van der Waals surface area contributed by atoms with E-state index >= 15 is 0 Å². The summed E-state index contributed by atoms with van der Waals surface area (Å²) in [5.74, 6) is 0.845. The molecule has 1 amide bonds. The van der Waals surface area contributed by atoms with Crippen LogP contribution in [0.5, 0.6) is 5.75 Å². The molecule has 1 aliphatic rings. The average Bonchev–Trinajstić information content (AvgIpc) is 2.89. The number of ether oxygens (including phenoxy) is 1. The molecule has 5 rings (SSSR count). The number of carbonyl (C=O) groups excluding carboxylic acids is 1. The number of piperazine rings is 1.